The molecule has 0 spiro atoms. The Kier molecular flexibility index (Phi) is 10.7. The second-order valence-corrected chi connectivity index (χ2v) is 10.4. The van der Waals surface area contributed by atoms with Crippen molar-refractivity contribution in [1.82, 2.24) is 5.32 Å². The second-order valence-electron chi connectivity index (χ2n) is 8.84. The van der Waals surface area contributed by atoms with Crippen LogP contribution in [0.3, 0.4) is 0 Å². The molecule has 220 valence electrons. The molecule has 1 atom stereocenters. The van der Waals surface area contributed by atoms with Crippen molar-refractivity contribution in [1.29, 1.82) is 0 Å². The van der Waals surface area contributed by atoms with E-state index in [1.54, 1.807) is 32.0 Å². The van der Waals surface area contributed by atoms with Gasteiger partial charge in [0, 0.05) is 12.1 Å². The molecule has 0 aliphatic heterocycles. The Balaban J connectivity index is 1.78. The molecule has 3 aromatic carbocycles. The molecule has 1 amide bonds. The van der Waals surface area contributed by atoms with E-state index >= 15 is 0 Å². The Morgan fingerprint density at radius 1 is 1.02 bits per heavy atom. The van der Waals surface area contributed by atoms with Crippen LogP contribution in [-0.2, 0) is 32.7 Å². The van der Waals surface area contributed by atoms with Gasteiger partial charge >= 0.3 is 16.1 Å². The summed E-state index contributed by atoms with van der Waals surface area (Å²) in [6.45, 7) is 3.12. The zero-order valence-corrected chi connectivity index (χ0v) is 23.9. The highest BCUT2D eigenvalue weighted by molar-refractivity contribution is 7.87. The van der Waals surface area contributed by atoms with E-state index in [-0.39, 0.29) is 36.1 Å². The summed E-state index contributed by atoms with van der Waals surface area (Å²) in [4.78, 5) is 24.7. The van der Waals surface area contributed by atoms with Crippen molar-refractivity contribution in [2.45, 2.75) is 37.7 Å². The molecule has 0 saturated carbocycles. The van der Waals surface area contributed by atoms with Crippen LogP contribution >= 0.6 is 0 Å². The van der Waals surface area contributed by atoms with Gasteiger partial charge in [-0.25, -0.2) is 9.18 Å². The first kappa shape index (κ1) is 31.4. The summed E-state index contributed by atoms with van der Waals surface area (Å²) in [5.74, 6) is -2.41. The molecule has 3 aromatic rings. The summed E-state index contributed by atoms with van der Waals surface area (Å²) in [5, 5.41) is 13.0. The summed E-state index contributed by atoms with van der Waals surface area (Å²) in [6.07, 6.45) is 0.424. The van der Waals surface area contributed by atoms with Gasteiger partial charge in [-0.3, -0.25) is 4.79 Å². The number of ether oxygens (including phenoxy) is 3. The minimum Gasteiger partial charge on any atom is -0.496 e. The lowest BCUT2D eigenvalue weighted by Gasteiger charge is -2.20. The number of esters is 1. The fourth-order valence-electron chi connectivity index (χ4n) is 4.12. The van der Waals surface area contributed by atoms with E-state index in [2.05, 4.69) is 5.32 Å². The van der Waals surface area contributed by atoms with Crippen molar-refractivity contribution in [3.8, 4) is 17.2 Å². The number of carbonyl (C=O) groups is 2. The van der Waals surface area contributed by atoms with Crippen LogP contribution in [-0.4, -0.2) is 52.8 Å². The monoisotopic (exact) mass is 589 g/mol. The lowest BCUT2D eigenvalue weighted by Crippen LogP contribution is -2.30. The number of hydrogen-bond acceptors (Lipinski definition) is 9. The average Bonchev–Trinajstić information content (AvgIpc) is 2.96. The smallest absolute Gasteiger partial charge is 0.341 e. The second kappa shape index (κ2) is 14.0. The van der Waals surface area contributed by atoms with Gasteiger partial charge in [0.1, 0.15) is 22.0 Å². The molecule has 0 aliphatic carbocycles. The molecule has 0 saturated heterocycles. The summed E-state index contributed by atoms with van der Waals surface area (Å²) < 4.78 is 60.3. The highest BCUT2D eigenvalue weighted by atomic mass is 32.2. The van der Waals surface area contributed by atoms with E-state index in [1.807, 2.05) is 0 Å². The van der Waals surface area contributed by atoms with Gasteiger partial charge in [0.05, 0.1) is 33.4 Å². The Hall–Kier alpha value is -4.16. The Morgan fingerprint density at radius 2 is 1.76 bits per heavy atom. The van der Waals surface area contributed by atoms with Gasteiger partial charge in [0.15, 0.2) is 11.5 Å². The highest BCUT2D eigenvalue weighted by Crippen LogP contribution is 2.38. The first-order chi connectivity index (χ1) is 19.6. The average molecular weight is 590 g/mol. The van der Waals surface area contributed by atoms with E-state index in [1.165, 1.54) is 38.5 Å². The Labute approximate surface area is 238 Å². The molecule has 0 bridgehead atoms. The largest absolute Gasteiger partial charge is 0.496 e. The topological polar surface area (TPSA) is 137 Å². The predicted octanol–water partition coefficient (Wildman–Crippen LogP) is 3.74. The maximum absolute atomic E-state index is 13.7. The van der Waals surface area contributed by atoms with Crippen LogP contribution in [0.5, 0.6) is 17.2 Å². The minimum atomic E-state index is -4.50. The van der Waals surface area contributed by atoms with Crippen molar-refractivity contribution < 1.29 is 45.9 Å². The number of aliphatic hydroxyl groups excluding tert-OH is 1. The van der Waals surface area contributed by atoms with Crippen molar-refractivity contribution in [2.75, 3.05) is 27.4 Å². The fraction of sp³-hybridized carbons (Fsp3) is 0.310. The molecule has 0 fully saturated rings. The van der Waals surface area contributed by atoms with Crippen LogP contribution in [0.1, 0.15) is 46.8 Å². The van der Waals surface area contributed by atoms with Gasteiger partial charge in [-0.2, -0.15) is 8.42 Å². The van der Waals surface area contributed by atoms with Crippen LogP contribution in [0, 0.1) is 5.82 Å². The summed E-state index contributed by atoms with van der Waals surface area (Å²) in [5.41, 5.74) is 1.45. The molecule has 3 rings (SSSR count). The molecule has 0 aliphatic rings. The number of halogens is 1. The highest BCUT2D eigenvalue weighted by Gasteiger charge is 2.27. The van der Waals surface area contributed by atoms with Gasteiger partial charge < -0.3 is 28.8 Å². The number of amides is 1. The molecular weight excluding hydrogens is 557 g/mol. The van der Waals surface area contributed by atoms with E-state index in [0.29, 0.717) is 23.3 Å². The fourth-order valence-corrected chi connectivity index (χ4v) is 5.12. The third kappa shape index (κ3) is 7.53. The van der Waals surface area contributed by atoms with Gasteiger partial charge in [0.2, 0.25) is 5.91 Å². The first-order valence-corrected chi connectivity index (χ1v) is 14.1. The first-order valence-electron chi connectivity index (χ1n) is 12.7. The molecule has 41 heavy (non-hydrogen) atoms. The molecule has 0 radical (unpaired) electrons. The van der Waals surface area contributed by atoms with Crippen LogP contribution in [0.15, 0.2) is 59.5 Å². The van der Waals surface area contributed by atoms with E-state index in [9.17, 15) is 27.5 Å². The van der Waals surface area contributed by atoms with Gasteiger partial charge in [-0.1, -0.05) is 18.2 Å². The Morgan fingerprint density at radius 3 is 2.39 bits per heavy atom. The lowest BCUT2D eigenvalue weighted by atomic mass is 9.94. The maximum atomic E-state index is 13.7. The zero-order chi connectivity index (χ0) is 30.2. The molecule has 0 aromatic heterocycles. The third-order valence-corrected chi connectivity index (χ3v) is 7.47. The molecule has 0 heterocycles. The summed E-state index contributed by atoms with van der Waals surface area (Å²) in [6, 6.07) is 12.3. The van der Waals surface area contributed by atoms with Gasteiger partial charge in [0.25, 0.3) is 0 Å². The number of carbonyl (C=O) groups excluding carboxylic acids is 2. The third-order valence-electron chi connectivity index (χ3n) is 6.25. The van der Waals surface area contributed by atoms with Crippen molar-refractivity contribution in [3.63, 3.8) is 0 Å². The molecular formula is C29H32FNO9S. The van der Waals surface area contributed by atoms with E-state index < -0.39 is 39.3 Å². The summed E-state index contributed by atoms with van der Waals surface area (Å²) >= 11 is 0. The molecule has 1 unspecified atom stereocenters. The van der Waals surface area contributed by atoms with Gasteiger partial charge in [-0.15, -0.1) is 0 Å². The number of rotatable bonds is 13. The normalized spacial score (nSPS) is 11.9. The van der Waals surface area contributed by atoms with E-state index in [0.717, 1.165) is 17.7 Å². The quantitative estimate of drug-likeness (QED) is 0.226. The number of methoxy groups -OCH3 is 2. The van der Waals surface area contributed by atoms with E-state index in [4.69, 9.17) is 18.4 Å². The number of aliphatic hydroxyl groups is 1. The van der Waals surface area contributed by atoms with Crippen LogP contribution < -0.4 is 19.0 Å². The Bertz CT molecular complexity index is 1510. The molecule has 2 N–H and O–H groups in total. The lowest BCUT2D eigenvalue weighted by molar-refractivity contribution is -0.122. The minimum absolute atomic E-state index is 0.00518. The molecule has 12 heteroatoms. The number of hydrogen-bond donors (Lipinski definition) is 2. The summed E-state index contributed by atoms with van der Waals surface area (Å²) in [7, 11) is -1.76. The SMILES string of the molecule is CCOC(=O)c1ccc(CCNC(=O)C(C)c2ccc(OC)c(OS(=O)(=O)c3cccc(F)c3)c2CO)cc1OC. The number of benzene rings is 3. The van der Waals surface area contributed by atoms with Gasteiger partial charge in [-0.05, 0) is 67.8 Å². The van der Waals surface area contributed by atoms with Crippen molar-refractivity contribution >= 4 is 22.0 Å². The van der Waals surface area contributed by atoms with Crippen LogP contribution in [0.4, 0.5) is 4.39 Å². The zero-order valence-electron chi connectivity index (χ0n) is 23.1. The standard InChI is InChI=1S/C29H32FNO9S/c1-5-39-29(34)23-10-9-19(15-26(23)38-4)13-14-31-28(33)18(2)22-11-12-25(37-3)27(24(22)17-32)40-41(35,36)21-8-6-7-20(30)16-21/h6-12,15-16,18,32H,5,13-14,17H2,1-4H3,(H,31,33). The van der Waals surface area contributed by atoms with Crippen LogP contribution in [0.25, 0.3) is 0 Å². The van der Waals surface area contributed by atoms with Crippen molar-refractivity contribution in [2.24, 2.45) is 0 Å². The van der Waals surface area contributed by atoms with Crippen LogP contribution in [0.2, 0.25) is 0 Å². The molecule has 10 nitrogen and oxygen atoms in total. The predicted molar refractivity (Wildman–Crippen MR) is 147 cm³/mol. The maximum Gasteiger partial charge on any atom is 0.341 e. The number of nitrogens with one attached hydrogen (secondary N) is 1. The van der Waals surface area contributed by atoms with Crippen molar-refractivity contribution in [3.05, 3.63) is 82.7 Å².